The average Bonchev–Trinajstić information content (AvgIpc) is 2.72. The molecule has 3 N–H and O–H groups in total. The van der Waals surface area contributed by atoms with Crippen molar-refractivity contribution in [3.05, 3.63) is 65.5 Å². The zero-order valence-corrected chi connectivity index (χ0v) is 17.7. The molecule has 0 aliphatic carbocycles. The first-order valence-corrected chi connectivity index (χ1v) is 9.97. The quantitative estimate of drug-likeness (QED) is 0.615. The molecular formula is C23H28FN3O3. The highest BCUT2D eigenvalue weighted by Gasteiger charge is 2.26. The maximum Gasteiger partial charge on any atom is 0.251 e. The number of hydrogen-bond donors (Lipinski definition) is 3. The van der Waals surface area contributed by atoms with Gasteiger partial charge in [0.05, 0.1) is 6.04 Å². The molecule has 2 aromatic carbocycles. The molecule has 0 fully saturated rings. The van der Waals surface area contributed by atoms with E-state index >= 15 is 0 Å². The third kappa shape index (κ3) is 6.40. The molecule has 0 bridgehead atoms. The summed E-state index contributed by atoms with van der Waals surface area (Å²) in [5, 5.41) is 8.41. The molecular weight excluding hydrogens is 385 g/mol. The van der Waals surface area contributed by atoms with Crippen LogP contribution in [-0.4, -0.2) is 23.8 Å². The molecule has 0 heterocycles. The number of hydrogen-bond acceptors (Lipinski definition) is 3. The van der Waals surface area contributed by atoms with Gasteiger partial charge in [0.15, 0.2) is 0 Å². The summed E-state index contributed by atoms with van der Waals surface area (Å²) in [5.41, 5.74) is 1.84. The summed E-state index contributed by atoms with van der Waals surface area (Å²) in [5.74, 6) is -1.39. The van der Waals surface area contributed by atoms with E-state index in [0.29, 0.717) is 12.1 Å². The van der Waals surface area contributed by atoms with E-state index < -0.39 is 17.8 Å². The van der Waals surface area contributed by atoms with Crippen molar-refractivity contribution in [1.29, 1.82) is 0 Å². The predicted molar refractivity (Wildman–Crippen MR) is 114 cm³/mol. The minimum atomic E-state index is -0.742. The van der Waals surface area contributed by atoms with Crippen LogP contribution in [0, 0.1) is 11.7 Å². The van der Waals surface area contributed by atoms with E-state index in [1.165, 1.54) is 24.3 Å². The summed E-state index contributed by atoms with van der Waals surface area (Å²) in [6.07, 6.45) is 0.397. The Bertz CT molecular complexity index is 880. The Balaban J connectivity index is 2.02. The van der Waals surface area contributed by atoms with Crippen molar-refractivity contribution in [3.63, 3.8) is 0 Å². The monoisotopic (exact) mass is 413 g/mol. The zero-order valence-electron chi connectivity index (χ0n) is 17.7. The van der Waals surface area contributed by atoms with Crippen LogP contribution in [0.1, 0.15) is 56.1 Å². The van der Waals surface area contributed by atoms with Gasteiger partial charge in [0.2, 0.25) is 11.8 Å². The summed E-state index contributed by atoms with van der Waals surface area (Å²) < 4.78 is 13.1. The van der Waals surface area contributed by atoms with Crippen molar-refractivity contribution in [1.82, 2.24) is 10.6 Å². The van der Waals surface area contributed by atoms with Crippen LogP contribution in [0.5, 0.6) is 0 Å². The number of halogens is 1. The number of anilines is 1. The fourth-order valence-electron chi connectivity index (χ4n) is 2.85. The van der Waals surface area contributed by atoms with Gasteiger partial charge < -0.3 is 16.0 Å². The largest absolute Gasteiger partial charge is 0.348 e. The lowest BCUT2D eigenvalue weighted by molar-refractivity contribution is -0.124. The first-order chi connectivity index (χ1) is 14.2. The first-order valence-electron chi connectivity index (χ1n) is 9.97. The van der Waals surface area contributed by atoms with Crippen LogP contribution in [-0.2, 0) is 9.59 Å². The Morgan fingerprint density at radius 1 is 0.900 bits per heavy atom. The molecule has 30 heavy (non-hydrogen) atoms. The second-order valence-electron chi connectivity index (χ2n) is 7.46. The summed E-state index contributed by atoms with van der Waals surface area (Å²) in [7, 11) is 0. The lowest BCUT2D eigenvalue weighted by atomic mass is 10.0. The smallest absolute Gasteiger partial charge is 0.251 e. The molecule has 0 aromatic heterocycles. The summed E-state index contributed by atoms with van der Waals surface area (Å²) in [6, 6.07) is 11.3. The van der Waals surface area contributed by atoms with E-state index in [2.05, 4.69) is 16.0 Å². The van der Waals surface area contributed by atoms with Gasteiger partial charge in [-0.1, -0.05) is 32.9 Å². The van der Waals surface area contributed by atoms with E-state index in [0.717, 1.165) is 5.56 Å². The lowest BCUT2D eigenvalue weighted by Gasteiger charge is -2.24. The summed E-state index contributed by atoms with van der Waals surface area (Å²) in [6.45, 7) is 7.30. The van der Waals surface area contributed by atoms with Gasteiger partial charge in [-0.05, 0) is 54.8 Å². The molecule has 2 atom stereocenters. The molecule has 2 rings (SSSR count). The van der Waals surface area contributed by atoms with Gasteiger partial charge in [-0.2, -0.15) is 0 Å². The van der Waals surface area contributed by atoms with Crippen LogP contribution in [0.2, 0.25) is 0 Å². The molecule has 7 heteroatoms. The van der Waals surface area contributed by atoms with Crippen LogP contribution in [0.4, 0.5) is 10.1 Å². The fourth-order valence-corrected chi connectivity index (χ4v) is 2.85. The number of nitrogens with one attached hydrogen (secondary N) is 3. The maximum atomic E-state index is 13.1. The average molecular weight is 413 g/mol. The molecule has 0 radical (unpaired) electrons. The van der Waals surface area contributed by atoms with Crippen LogP contribution >= 0.6 is 0 Å². The van der Waals surface area contributed by atoms with Crippen LogP contribution in [0.15, 0.2) is 48.5 Å². The van der Waals surface area contributed by atoms with Gasteiger partial charge in [0.1, 0.15) is 11.9 Å². The molecule has 3 amide bonds. The highest BCUT2D eigenvalue weighted by molar-refractivity contribution is 5.97. The van der Waals surface area contributed by atoms with Crippen molar-refractivity contribution in [2.24, 2.45) is 5.92 Å². The van der Waals surface area contributed by atoms with Crippen molar-refractivity contribution in [2.45, 2.75) is 46.2 Å². The highest BCUT2D eigenvalue weighted by atomic mass is 19.1. The van der Waals surface area contributed by atoms with E-state index in [9.17, 15) is 18.8 Å². The highest BCUT2D eigenvalue weighted by Crippen LogP contribution is 2.17. The number of carbonyl (C=O) groups excluding carboxylic acids is 3. The van der Waals surface area contributed by atoms with Crippen molar-refractivity contribution >= 4 is 23.4 Å². The Hall–Kier alpha value is -3.22. The lowest BCUT2D eigenvalue weighted by Crippen LogP contribution is -2.50. The Labute approximate surface area is 176 Å². The minimum Gasteiger partial charge on any atom is -0.348 e. The fraction of sp³-hybridized carbons (Fsp3) is 0.348. The van der Waals surface area contributed by atoms with Crippen LogP contribution in [0.25, 0.3) is 0 Å². The molecule has 0 aliphatic heterocycles. The Morgan fingerprint density at radius 3 is 2.03 bits per heavy atom. The van der Waals surface area contributed by atoms with Crippen molar-refractivity contribution in [3.8, 4) is 0 Å². The number of benzene rings is 2. The van der Waals surface area contributed by atoms with Crippen LogP contribution in [0.3, 0.4) is 0 Å². The second-order valence-corrected chi connectivity index (χ2v) is 7.46. The summed E-state index contributed by atoms with van der Waals surface area (Å²) >= 11 is 0. The third-order valence-electron chi connectivity index (χ3n) is 4.72. The van der Waals surface area contributed by atoms with Gasteiger partial charge in [-0.3, -0.25) is 14.4 Å². The molecule has 2 unspecified atom stereocenters. The number of rotatable bonds is 8. The van der Waals surface area contributed by atoms with E-state index in [1.807, 2.05) is 32.9 Å². The third-order valence-corrected chi connectivity index (χ3v) is 4.72. The van der Waals surface area contributed by atoms with Gasteiger partial charge >= 0.3 is 0 Å². The maximum absolute atomic E-state index is 13.1. The molecule has 0 saturated carbocycles. The molecule has 6 nitrogen and oxygen atoms in total. The number of carbonyl (C=O) groups is 3. The minimum absolute atomic E-state index is 0.0687. The van der Waals surface area contributed by atoms with Gasteiger partial charge in [0, 0.05) is 17.7 Å². The van der Waals surface area contributed by atoms with Gasteiger partial charge in [-0.15, -0.1) is 0 Å². The van der Waals surface area contributed by atoms with Crippen molar-refractivity contribution in [2.75, 3.05) is 5.32 Å². The summed E-state index contributed by atoms with van der Waals surface area (Å²) in [4.78, 5) is 36.7. The van der Waals surface area contributed by atoms with E-state index in [-0.39, 0.29) is 29.3 Å². The standard InChI is InChI=1S/C23H28FN3O3/c1-5-20(28)26-19-12-8-16(9-13-19)15(4)25-23(30)21(14(2)3)27-22(29)17-6-10-18(24)11-7-17/h6-15,21H,5H2,1-4H3,(H,25,30)(H,26,28)(H,27,29). The molecule has 0 spiro atoms. The first kappa shape index (κ1) is 23.1. The van der Waals surface area contributed by atoms with Gasteiger partial charge in [0.25, 0.3) is 5.91 Å². The van der Waals surface area contributed by atoms with E-state index in [1.54, 1.807) is 19.1 Å². The topological polar surface area (TPSA) is 87.3 Å². The Kier molecular flexibility index (Phi) is 8.09. The predicted octanol–water partition coefficient (Wildman–Crippen LogP) is 3.81. The second kappa shape index (κ2) is 10.5. The Morgan fingerprint density at radius 2 is 1.50 bits per heavy atom. The molecule has 2 aromatic rings. The molecule has 0 saturated heterocycles. The molecule has 160 valence electrons. The zero-order chi connectivity index (χ0) is 22.3. The van der Waals surface area contributed by atoms with Gasteiger partial charge in [-0.25, -0.2) is 4.39 Å². The molecule has 0 aliphatic rings. The SMILES string of the molecule is CCC(=O)Nc1ccc(C(C)NC(=O)C(NC(=O)c2ccc(F)cc2)C(C)C)cc1. The van der Waals surface area contributed by atoms with Crippen molar-refractivity contribution < 1.29 is 18.8 Å². The normalized spacial score (nSPS) is 12.7. The number of amides is 3. The van der Waals surface area contributed by atoms with Crippen LogP contribution < -0.4 is 16.0 Å². The van der Waals surface area contributed by atoms with E-state index in [4.69, 9.17) is 0 Å².